The summed E-state index contributed by atoms with van der Waals surface area (Å²) in [5.41, 5.74) is 3.57. The van der Waals surface area contributed by atoms with Crippen molar-refractivity contribution in [3.05, 3.63) is 89.5 Å². The standard InChI is InChI=1S/C32H32F2N2O3/c1-35(2)27-10-8-22(9-11-27)23-6-7-25(30(34)17-23)19-36(32(39)29-16-20-3-5-24(29)13-20)28-15-21(4-12-31(37)38)14-26(33)18-28/h4,6-12,14-15,17-18,20,24,29H,3,5,13,16,19H2,1-2H3,(H,37,38)/b12-4+/t20-,24+,29-/m1/s1. The number of nitrogens with zero attached hydrogens (tertiary/aromatic N) is 2. The summed E-state index contributed by atoms with van der Waals surface area (Å²) in [6.07, 6.45) is 6.15. The molecule has 1 amide bonds. The molecule has 2 aliphatic carbocycles. The van der Waals surface area contributed by atoms with Gasteiger partial charge in [-0.25, -0.2) is 13.6 Å². The van der Waals surface area contributed by atoms with Crippen molar-refractivity contribution in [2.75, 3.05) is 23.9 Å². The van der Waals surface area contributed by atoms with Crippen LogP contribution in [0.25, 0.3) is 17.2 Å². The van der Waals surface area contributed by atoms with Crippen molar-refractivity contribution in [3.8, 4) is 11.1 Å². The van der Waals surface area contributed by atoms with E-state index in [0.717, 1.165) is 48.6 Å². The topological polar surface area (TPSA) is 60.9 Å². The van der Waals surface area contributed by atoms with E-state index in [2.05, 4.69) is 0 Å². The molecule has 5 rings (SSSR count). The number of hydrogen-bond acceptors (Lipinski definition) is 3. The molecule has 7 heteroatoms. The molecule has 0 aromatic heterocycles. The van der Waals surface area contributed by atoms with E-state index < -0.39 is 17.6 Å². The van der Waals surface area contributed by atoms with Crippen molar-refractivity contribution in [2.24, 2.45) is 17.8 Å². The first-order valence-corrected chi connectivity index (χ1v) is 13.3. The highest BCUT2D eigenvalue weighted by molar-refractivity contribution is 5.96. The second-order valence-corrected chi connectivity index (χ2v) is 10.9. The van der Waals surface area contributed by atoms with Crippen molar-refractivity contribution in [1.82, 2.24) is 0 Å². The third-order valence-electron chi connectivity index (χ3n) is 8.05. The number of anilines is 2. The van der Waals surface area contributed by atoms with Crippen LogP contribution in [0.3, 0.4) is 0 Å². The predicted octanol–water partition coefficient (Wildman–Crippen LogP) is 6.77. The Balaban J connectivity index is 1.47. The van der Waals surface area contributed by atoms with E-state index in [0.29, 0.717) is 23.0 Å². The summed E-state index contributed by atoms with van der Waals surface area (Å²) in [5.74, 6) is -1.69. The summed E-state index contributed by atoms with van der Waals surface area (Å²) in [4.78, 5) is 28.3. The summed E-state index contributed by atoms with van der Waals surface area (Å²) in [5, 5.41) is 8.99. The van der Waals surface area contributed by atoms with Crippen LogP contribution < -0.4 is 9.80 Å². The van der Waals surface area contributed by atoms with Gasteiger partial charge in [0.1, 0.15) is 11.6 Å². The Morgan fingerprint density at radius 1 is 0.923 bits per heavy atom. The molecule has 0 aliphatic heterocycles. The Labute approximate surface area is 227 Å². The number of rotatable bonds is 8. The number of aliphatic carboxylic acids is 1. The van der Waals surface area contributed by atoms with Gasteiger partial charge in [0.25, 0.3) is 0 Å². The van der Waals surface area contributed by atoms with Gasteiger partial charge >= 0.3 is 5.97 Å². The normalized spacial score (nSPS) is 19.9. The first kappa shape index (κ1) is 26.6. The molecule has 0 spiro atoms. The Hall–Kier alpha value is -4.00. The fraction of sp³-hybridized carbons (Fsp3) is 0.312. The highest BCUT2D eigenvalue weighted by Crippen LogP contribution is 2.49. The number of carbonyl (C=O) groups is 2. The summed E-state index contributed by atoms with van der Waals surface area (Å²) in [6, 6.07) is 16.8. The van der Waals surface area contributed by atoms with Gasteiger partial charge in [-0.3, -0.25) is 4.79 Å². The molecule has 2 fully saturated rings. The number of carboxylic acids is 1. The highest BCUT2D eigenvalue weighted by atomic mass is 19.1. The Morgan fingerprint density at radius 2 is 1.67 bits per heavy atom. The molecule has 1 N–H and O–H groups in total. The van der Waals surface area contributed by atoms with Gasteiger partial charge in [0.05, 0.1) is 6.54 Å². The van der Waals surface area contributed by atoms with Gasteiger partial charge < -0.3 is 14.9 Å². The van der Waals surface area contributed by atoms with Crippen molar-refractivity contribution in [3.63, 3.8) is 0 Å². The maximum atomic E-state index is 15.5. The number of amides is 1. The maximum absolute atomic E-state index is 15.5. The van der Waals surface area contributed by atoms with Crippen LogP contribution in [0, 0.1) is 29.4 Å². The molecule has 5 nitrogen and oxygen atoms in total. The van der Waals surface area contributed by atoms with Crippen LogP contribution in [-0.4, -0.2) is 31.1 Å². The smallest absolute Gasteiger partial charge is 0.328 e. The fourth-order valence-electron chi connectivity index (χ4n) is 6.04. The second kappa shape index (κ2) is 11.0. The summed E-state index contributed by atoms with van der Waals surface area (Å²) in [6.45, 7) is -0.0516. The van der Waals surface area contributed by atoms with E-state index in [1.54, 1.807) is 12.1 Å². The van der Waals surface area contributed by atoms with Gasteiger partial charge in [-0.2, -0.15) is 0 Å². The Bertz CT molecular complexity index is 1420. The zero-order valence-electron chi connectivity index (χ0n) is 22.1. The van der Waals surface area contributed by atoms with Crippen LogP contribution in [0.15, 0.2) is 66.7 Å². The molecular formula is C32H32F2N2O3. The van der Waals surface area contributed by atoms with Crippen LogP contribution >= 0.6 is 0 Å². The quantitative estimate of drug-likeness (QED) is 0.327. The molecule has 2 saturated carbocycles. The van der Waals surface area contributed by atoms with Crippen LogP contribution in [0.4, 0.5) is 20.2 Å². The fourth-order valence-corrected chi connectivity index (χ4v) is 6.04. The SMILES string of the molecule is CN(C)c1ccc(-c2ccc(CN(C(=O)[C@@H]3C[C@@H]4CC[C@H]3C4)c3cc(F)cc(/C=C/C(=O)O)c3)c(F)c2)cc1. The van der Waals surface area contributed by atoms with E-state index >= 15 is 4.39 Å². The van der Waals surface area contributed by atoms with E-state index in [-0.39, 0.29) is 24.1 Å². The number of hydrogen-bond donors (Lipinski definition) is 1. The number of carboxylic acid groups (broad SMARTS) is 1. The predicted molar refractivity (Wildman–Crippen MR) is 149 cm³/mol. The largest absolute Gasteiger partial charge is 0.478 e. The van der Waals surface area contributed by atoms with Crippen LogP contribution in [0.5, 0.6) is 0 Å². The number of halogens is 2. The summed E-state index contributed by atoms with van der Waals surface area (Å²) in [7, 11) is 3.91. The van der Waals surface area contributed by atoms with Gasteiger partial charge in [-0.1, -0.05) is 30.7 Å². The van der Waals surface area contributed by atoms with Gasteiger partial charge in [0, 0.05) is 43.0 Å². The molecule has 3 aromatic rings. The lowest BCUT2D eigenvalue weighted by Gasteiger charge is -2.30. The number of fused-ring (bicyclic) bond motifs is 2. The van der Waals surface area contributed by atoms with Crippen molar-refractivity contribution in [2.45, 2.75) is 32.2 Å². The third-order valence-corrected chi connectivity index (χ3v) is 8.05. The minimum atomic E-state index is -1.16. The number of benzene rings is 3. The molecule has 2 bridgehead atoms. The molecule has 202 valence electrons. The van der Waals surface area contributed by atoms with E-state index in [9.17, 15) is 14.0 Å². The molecule has 0 saturated heterocycles. The zero-order valence-corrected chi connectivity index (χ0v) is 22.1. The lowest BCUT2D eigenvalue weighted by atomic mass is 9.87. The Kier molecular flexibility index (Phi) is 7.51. The average molecular weight is 531 g/mol. The van der Waals surface area contributed by atoms with Gasteiger partial charge in [-0.15, -0.1) is 0 Å². The first-order chi connectivity index (χ1) is 18.7. The molecule has 0 radical (unpaired) electrons. The number of carbonyl (C=O) groups excluding carboxylic acids is 1. The van der Waals surface area contributed by atoms with E-state index in [1.165, 1.54) is 29.2 Å². The average Bonchev–Trinajstić information content (AvgIpc) is 3.55. The van der Waals surface area contributed by atoms with Crippen molar-refractivity contribution < 1.29 is 23.5 Å². The lowest BCUT2D eigenvalue weighted by Crippen LogP contribution is -2.38. The zero-order chi connectivity index (χ0) is 27.7. The van der Waals surface area contributed by atoms with Gasteiger partial charge in [0.2, 0.25) is 5.91 Å². The molecule has 3 aromatic carbocycles. The molecule has 0 unspecified atom stereocenters. The second-order valence-electron chi connectivity index (χ2n) is 10.9. The molecule has 39 heavy (non-hydrogen) atoms. The van der Waals surface area contributed by atoms with Crippen LogP contribution in [0.2, 0.25) is 0 Å². The minimum absolute atomic E-state index is 0.0516. The summed E-state index contributed by atoms with van der Waals surface area (Å²) >= 11 is 0. The van der Waals surface area contributed by atoms with Gasteiger partial charge in [-0.05, 0) is 90.3 Å². The molecule has 0 heterocycles. The lowest BCUT2D eigenvalue weighted by molar-refractivity contribution is -0.131. The molecular weight excluding hydrogens is 498 g/mol. The molecule has 2 aliphatic rings. The van der Waals surface area contributed by atoms with Crippen LogP contribution in [-0.2, 0) is 16.1 Å². The first-order valence-electron chi connectivity index (χ1n) is 13.3. The monoisotopic (exact) mass is 530 g/mol. The third kappa shape index (κ3) is 5.87. The maximum Gasteiger partial charge on any atom is 0.328 e. The highest BCUT2D eigenvalue weighted by Gasteiger charge is 2.44. The van der Waals surface area contributed by atoms with Crippen molar-refractivity contribution >= 4 is 29.3 Å². The van der Waals surface area contributed by atoms with E-state index in [1.807, 2.05) is 49.3 Å². The molecule has 3 atom stereocenters. The van der Waals surface area contributed by atoms with Crippen molar-refractivity contribution in [1.29, 1.82) is 0 Å². The Morgan fingerprint density at radius 3 is 2.28 bits per heavy atom. The van der Waals surface area contributed by atoms with E-state index in [4.69, 9.17) is 5.11 Å². The van der Waals surface area contributed by atoms with Gasteiger partial charge in [0.15, 0.2) is 0 Å². The summed E-state index contributed by atoms with van der Waals surface area (Å²) < 4.78 is 30.1. The van der Waals surface area contributed by atoms with Crippen LogP contribution in [0.1, 0.15) is 36.8 Å². The minimum Gasteiger partial charge on any atom is -0.478 e.